The van der Waals surface area contributed by atoms with E-state index in [4.69, 9.17) is 11.6 Å². The van der Waals surface area contributed by atoms with Crippen molar-refractivity contribution in [3.63, 3.8) is 0 Å². The van der Waals surface area contributed by atoms with Crippen LogP contribution in [0.1, 0.15) is 18.4 Å². The first-order chi connectivity index (χ1) is 8.40. The first-order valence-corrected chi connectivity index (χ1v) is 7.49. The van der Waals surface area contributed by atoms with Crippen LogP contribution in [0.3, 0.4) is 0 Å². The lowest BCUT2D eigenvalue weighted by Crippen LogP contribution is -2.33. The Bertz CT molecular complexity index is 554. The van der Waals surface area contributed by atoms with Crippen LogP contribution in [0, 0.1) is 6.92 Å². The Labute approximate surface area is 112 Å². The summed E-state index contributed by atoms with van der Waals surface area (Å²) in [4.78, 5) is 0. The maximum Gasteiger partial charge on any atom is 0.301 e. The number of benzene rings is 1. The molecule has 0 atom stereocenters. The lowest BCUT2D eigenvalue weighted by atomic mass is 10.2. The Morgan fingerprint density at radius 2 is 1.94 bits per heavy atom. The Kier molecular flexibility index (Phi) is 3.70. The molecular formula is C11H15ClN2O3S. The van der Waals surface area contributed by atoms with Gasteiger partial charge < -0.3 is 5.11 Å². The van der Waals surface area contributed by atoms with E-state index >= 15 is 0 Å². The van der Waals surface area contributed by atoms with E-state index in [1.54, 1.807) is 13.0 Å². The molecule has 0 spiro atoms. The van der Waals surface area contributed by atoms with Gasteiger partial charge in [0.15, 0.2) is 0 Å². The second kappa shape index (κ2) is 4.95. The van der Waals surface area contributed by atoms with E-state index in [1.165, 1.54) is 10.4 Å². The van der Waals surface area contributed by atoms with Crippen molar-refractivity contribution in [3.05, 3.63) is 22.7 Å². The molecule has 1 aliphatic rings. The molecule has 1 heterocycles. The van der Waals surface area contributed by atoms with Crippen molar-refractivity contribution in [2.45, 2.75) is 19.8 Å². The van der Waals surface area contributed by atoms with Gasteiger partial charge in [-0.15, -0.1) is 0 Å². The summed E-state index contributed by atoms with van der Waals surface area (Å²) < 4.78 is 27.8. The first kappa shape index (κ1) is 13.5. The van der Waals surface area contributed by atoms with Crippen LogP contribution in [-0.4, -0.2) is 30.9 Å². The summed E-state index contributed by atoms with van der Waals surface area (Å²) >= 11 is 5.85. The molecule has 1 aromatic carbocycles. The molecule has 2 N–H and O–H groups in total. The monoisotopic (exact) mass is 290 g/mol. The van der Waals surface area contributed by atoms with Crippen molar-refractivity contribution in [2.24, 2.45) is 0 Å². The Hall–Kier alpha value is -0.980. The predicted octanol–water partition coefficient (Wildman–Crippen LogP) is 2.11. The summed E-state index contributed by atoms with van der Waals surface area (Å²) in [5.74, 6) is -0.0952. The number of halogens is 1. The van der Waals surface area contributed by atoms with Crippen molar-refractivity contribution in [3.8, 4) is 5.75 Å². The quantitative estimate of drug-likeness (QED) is 0.838. The molecule has 5 nitrogen and oxygen atoms in total. The topological polar surface area (TPSA) is 69.6 Å². The van der Waals surface area contributed by atoms with E-state index in [9.17, 15) is 13.5 Å². The van der Waals surface area contributed by atoms with Gasteiger partial charge in [0.2, 0.25) is 0 Å². The number of anilines is 1. The van der Waals surface area contributed by atoms with Crippen LogP contribution in [0.25, 0.3) is 0 Å². The van der Waals surface area contributed by atoms with Gasteiger partial charge in [0.1, 0.15) is 5.75 Å². The van der Waals surface area contributed by atoms with Gasteiger partial charge in [0.05, 0.1) is 5.69 Å². The molecule has 0 amide bonds. The number of hydrogen-bond donors (Lipinski definition) is 2. The molecule has 18 heavy (non-hydrogen) atoms. The average Bonchev–Trinajstić information content (AvgIpc) is 2.78. The fourth-order valence-electron chi connectivity index (χ4n) is 1.95. The molecule has 0 unspecified atom stereocenters. The van der Waals surface area contributed by atoms with Crippen molar-refractivity contribution in [2.75, 3.05) is 17.8 Å². The number of nitrogens with zero attached hydrogens (tertiary/aromatic N) is 1. The molecule has 1 fully saturated rings. The van der Waals surface area contributed by atoms with Crippen LogP contribution in [0.2, 0.25) is 5.02 Å². The largest absolute Gasteiger partial charge is 0.505 e. The third-order valence-electron chi connectivity index (χ3n) is 2.91. The molecule has 2 rings (SSSR count). The van der Waals surface area contributed by atoms with Gasteiger partial charge in [-0.2, -0.15) is 12.7 Å². The molecule has 7 heteroatoms. The minimum absolute atomic E-state index is 0.0952. The zero-order chi connectivity index (χ0) is 13.3. The van der Waals surface area contributed by atoms with Gasteiger partial charge in [0, 0.05) is 18.1 Å². The predicted molar refractivity (Wildman–Crippen MR) is 71.2 cm³/mol. The van der Waals surface area contributed by atoms with Gasteiger partial charge in [-0.25, -0.2) is 0 Å². The summed E-state index contributed by atoms with van der Waals surface area (Å²) in [5.41, 5.74) is 0.647. The number of phenolic OH excluding ortho intramolecular Hbond substituents is 1. The smallest absolute Gasteiger partial charge is 0.301 e. The van der Waals surface area contributed by atoms with Crippen LogP contribution in [-0.2, 0) is 10.2 Å². The second-order valence-electron chi connectivity index (χ2n) is 4.33. The van der Waals surface area contributed by atoms with Gasteiger partial charge in [-0.1, -0.05) is 11.6 Å². The van der Waals surface area contributed by atoms with E-state index < -0.39 is 10.2 Å². The van der Waals surface area contributed by atoms with E-state index in [1.807, 2.05) is 0 Å². The standard InChI is InChI=1S/C11H15ClN2O3S/c1-8-6-9(12)7-10(11(8)15)13-18(16,17)14-4-2-3-5-14/h6-7,13,15H,2-5H2,1H3. The first-order valence-electron chi connectivity index (χ1n) is 5.67. The molecule has 0 aromatic heterocycles. The van der Waals surface area contributed by atoms with Crippen molar-refractivity contribution in [1.29, 1.82) is 0 Å². The van der Waals surface area contributed by atoms with Crippen molar-refractivity contribution < 1.29 is 13.5 Å². The Morgan fingerprint density at radius 3 is 2.56 bits per heavy atom. The lowest BCUT2D eigenvalue weighted by molar-refractivity contribution is 0.469. The average molecular weight is 291 g/mol. The summed E-state index contributed by atoms with van der Waals surface area (Å²) in [7, 11) is -3.60. The van der Waals surface area contributed by atoms with E-state index in [-0.39, 0.29) is 11.4 Å². The van der Waals surface area contributed by atoms with Crippen LogP contribution < -0.4 is 4.72 Å². The number of hydrogen-bond acceptors (Lipinski definition) is 3. The molecule has 0 saturated carbocycles. The van der Waals surface area contributed by atoms with E-state index in [0.29, 0.717) is 23.7 Å². The summed E-state index contributed by atoms with van der Waals surface area (Å²) in [6.45, 7) is 2.68. The van der Waals surface area contributed by atoms with Gasteiger partial charge >= 0.3 is 10.2 Å². The highest BCUT2D eigenvalue weighted by Crippen LogP contribution is 2.32. The number of nitrogens with one attached hydrogen (secondary N) is 1. The van der Waals surface area contributed by atoms with Gasteiger partial charge in [0.25, 0.3) is 0 Å². The fourth-order valence-corrected chi connectivity index (χ4v) is 3.52. The van der Waals surface area contributed by atoms with Crippen LogP contribution in [0.15, 0.2) is 12.1 Å². The van der Waals surface area contributed by atoms with Crippen LogP contribution in [0.4, 0.5) is 5.69 Å². The van der Waals surface area contributed by atoms with Crippen molar-refractivity contribution in [1.82, 2.24) is 4.31 Å². The minimum Gasteiger partial charge on any atom is -0.505 e. The van der Waals surface area contributed by atoms with Crippen molar-refractivity contribution >= 4 is 27.5 Å². The molecular weight excluding hydrogens is 276 g/mol. The second-order valence-corrected chi connectivity index (χ2v) is 6.44. The highest BCUT2D eigenvalue weighted by atomic mass is 35.5. The number of rotatable bonds is 3. The van der Waals surface area contributed by atoms with E-state index in [0.717, 1.165) is 12.8 Å². The molecule has 0 bridgehead atoms. The fraction of sp³-hybridized carbons (Fsp3) is 0.455. The molecule has 0 aliphatic carbocycles. The minimum atomic E-state index is -3.60. The zero-order valence-electron chi connectivity index (χ0n) is 9.98. The third-order valence-corrected chi connectivity index (χ3v) is 4.65. The number of phenols is 1. The van der Waals surface area contributed by atoms with Gasteiger partial charge in [-0.3, -0.25) is 4.72 Å². The highest BCUT2D eigenvalue weighted by Gasteiger charge is 2.26. The molecule has 1 aromatic rings. The zero-order valence-corrected chi connectivity index (χ0v) is 11.6. The maximum absolute atomic E-state index is 12.0. The van der Waals surface area contributed by atoms with E-state index in [2.05, 4.69) is 4.72 Å². The molecule has 0 radical (unpaired) electrons. The Balaban J connectivity index is 2.28. The Morgan fingerprint density at radius 1 is 1.33 bits per heavy atom. The SMILES string of the molecule is Cc1cc(Cl)cc(NS(=O)(=O)N2CCCC2)c1O. The number of aromatic hydroxyl groups is 1. The maximum atomic E-state index is 12.0. The van der Waals surface area contributed by atoms with Crippen LogP contribution >= 0.6 is 11.6 Å². The molecule has 1 saturated heterocycles. The highest BCUT2D eigenvalue weighted by molar-refractivity contribution is 7.90. The summed E-state index contributed by atoms with van der Waals surface area (Å²) in [6, 6.07) is 2.97. The third kappa shape index (κ3) is 2.71. The normalized spacial score (nSPS) is 17.0. The summed E-state index contributed by atoms with van der Waals surface area (Å²) in [6.07, 6.45) is 1.73. The molecule has 1 aliphatic heterocycles. The van der Waals surface area contributed by atoms with Gasteiger partial charge in [-0.05, 0) is 37.5 Å². The molecule has 100 valence electrons. The lowest BCUT2D eigenvalue weighted by Gasteiger charge is -2.18. The number of aryl methyl sites for hydroxylation is 1. The van der Waals surface area contributed by atoms with Crippen LogP contribution in [0.5, 0.6) is 5.75 Å². The summed E-state index contributed by atoms with van der Waals surface area (Å²) in [5, 5.41) is 10.2.